The molecule has 0 saturated carbocycles. The van der Waals surface area contributed by atoms with Gasteiger partial charge in [-0.25, -0.2) is 0 Å². The topological polar surface area (TPSA) is 41.5 Å². The highest BCUT2D eigenvalue weighted by atomic mass is 79.9. The maximum atomic E-state index is 9.24. The van der Waals surface area contributed by atoms with Crippen LogP contribution < -0.4 is 10.1 Å². The van der Waals surface area contributed by atoms with Gasteiger partial charge in [0, 0.05) is 19.7 Å². The maximum Gasteiger partial charge on any atom is 0.133 e. The van der Waals surface area contributed by atoms with Crippen molar-refractivity contribution in [2.24, 2.45) is 11.8 Å². The average Bonchev–Trinajstić information content (AvgIpc) is 2.34. The van der Waals surface area contributed by atoms with Crippen molar-refractivity contribution in [3.8, 4) is 5.75 Å². The van der Waals surface area contributed by atoms with Crippen molar-refractivity contribution in [3.63, 3.8) is 0 Å². The first-order valence-corrected chi connectivity index (χ1v) is 7.01. The van der Waals surface area contributed by atoms with Gasteiger partial charge < -0.3 is 15.2 Å². The third kappa shape index (κ3) is 4.59. The molecular weight excluding hydrogens is 294 g/mol. The zero-order valence-electron chi connectivity index (χ0n) is 11.2. The number of aliphatic hydroxyl groups excluding tert-OH is 1. The van der Waals surface area contributed by atoms with Crippen molar-refractivity contribution in [2.75, 3.05) is 20.3 Å². The minimum atomic E-state index is 0.233. The van der Waals surface area contributed by atoms with Gasteiger partial charge in [0.1, 0.15) is 5.75 Å². The molecule has 1 aromatic rings. The third-order valence-corrected chi connectivity index (χ3v) is 3.75. The lowest BCUT2D eigenvalue weighted by molar-refractivity contribution is 0.186. The van der Waals surface area contributed by atoms with E-state index in [0.29, 0.717) is 11.8 Å². The van der Waals surface area contributed by atoms with Crippen LogP contribution in [0.15, 0.2) is 22.7 Å². The molecule has 2 N–H and O–H groups in total. The summed E-state index contributed by atoms with van der Waals surface area (Å²) in [6.07, 6.45) is 0. The molecule has 0 spiro atoms. The van der Waals surface area contributed by atoms with Crippen LogP contribution in [0.1, 0.15) is 19.4 Å². The molecule has 1 atom stereocenters. The third-order valence-electron chi connectivity index (χ3n) is 3.13. The van der Waals surface area contributed by atoms with Crippen LogP contribution in [0, 0.1) is 11.8 Å². The largest absolute Gasteiger partial charge is 0.496 e. The number of aliphatic hydroxyl groups is 1. The normalized spacial score (nSPS) is 12.8. The van der Waals surface area contributed by atoms with Gasteiger partial charge in [-0.05, 0) is 45.5 Å². The van der Waals surface area contributed by atoms with E-state index in [1.807, 2.05) is 12.1 Å². The highest BCUT2D eigenvalue weighted by Crippen LogP contribution is 2.25. The van der Waals surface area contributed by atoms with Crippen LogP contribution >= 0.6 is 15.9 Å². The number of halogens is 1. The van der Waals surface area contributed by atoms with Gasteiger partial charge in [0.05, 0.1) is 11.6 Å². The molecule has 3 nitrogen and oxygen atoms in total. The Bertz CT molecular complexity index is 369. The fourth-order valence-corrected chi connectivity index (χ4v) is 2.32. The number of hydrogen-bond acceptors (Lipinski definition) is 3. The Balaban J connectivity index is 2.46. The van der Waals surface area contributed by atoms with Gasteiger partial charge in [-0.3, -0.25) is 0 Å². The molecule has 1 unspecified atom stereocenters. The van der Waals surface area contributed by atoms with Crippen LogP contribution in [0.25, 0.3) is 0 Å². The molecule has 0 radical (unpaired) electrons. The minimum Gasteiger partial charge on any atom is -0.496 e. The van der Waals surface area contributed by atoms with E-state index in [9.17, 15) is 5.11 Å². The second-order valence-corrected chi connectivity index (χ2v) is 5.64. The lowest BCUT2D eigenvalue weighted by Gasteiger charge is -2.18. The Hall–Kier alpha value is -0.580. The lowest BCUT2D eigenvalue weighted by atomic mass is 9.97. The van der Waals surface area contributed by atoms with E-state index in [-0.39, 0.29) is 6.61 Å². The van der Waals surface area contributed by atoms with Gasteiger partial charge in [0.25, 0.3) is 0 Å². The minimum absolute atomic E-state index is 0.233. The quantitative estimate of drug-likeness (QED) is 0.813. The Labute approximate surface area is 118 Å². The van der Waals surface area contributed by atoms with E-state index in [4.69, 9.17) is 4.74 Å². The van der Waals surface area contributed by atoms with Crippen molar-refractivity contribution in [1.29, 1.82) is 0 Å². The van der Waals surface area contributed by atoms with Gasteiger partial charge in [-0.2, -0.15) is 0 Å². The zero-order chi connectivity index (χ0) is 13.5. The van der Waals surface area contributed by atoms with Gasteiger partial charge in [-0.1, -0.05) is 19.9 Å². The summed E-state index contributed by atoms with van der Waals surface area (Å²) >= 11 is 3.47. The SMILES string of the molecule is COc1ccc(CNCC(CO)C(C)C)cc1Br. The number of rotatable bonds is 7. The van der Waals surface area contributed by atoms with Crippen LogP contribution in [0.5, 0.6) is 5.75 Å². The first-order chi connectivity index (χ1) is 8.58. The van der Waals surface area contributed by atoms with E-state index in [0.717, 1.165) is 23.3 Å². The summed E-state index contributed by atoms with van der Waals surface area (Å²) in [5.41, 5.74) is 1.20. The van der Waals surface area contributed by atoms with Crippen LogP contribution in [0.4, 0.5) is 0 Å². The predicted octanol–water partition coefficient (Wildman–Crippen LogP) is 2.81. The van der Waals surface area contributed by atoms with Crippen molar-refractivity contribution in [1.82, 2.24) is 5.32 Å². The maximum absolute atomic E-state index is 9.24. The lowest BCUT2D eigenvalue weighted by Crippen LogP contribution is -2.28. The Morgan fingerprint density at radius 1 is 1.39 bits per heavy atom. The van der Waals surface area contributed by atoms with Crippen LogP contribution in [0.2, 0.25) is 0 Å². The molecule has 4 heteroatoms. The highest BCUT2D eigenvalue weighted by molar-refractivity contribution is 9.10. The second-order valence-electron chi connectivity index (χ2n) is 4.79. The van der Waals surface area contributed by atoms with Gasteiger partial charge in [0.2, 0.25) is 0 Å². The van der Waals surface area contributed by atoms with Gasteiger partial charge in [0.15, 0.2) is 0 Å². The highest BCUT2D eigenvalue weighted by Gasteiger charge is 2.11. The zero-order valence-corrected chi connectivity index (χ0v) is 12.8. The van der Waals surface area contributed by atoms with Crippen molar-refractivity contribution >= 4 is 15.9 Å². The number of methoxy groups -OCH3 is 1. The van der Waals surface area contributed by atoms with Gasteiger partial charge >= 0.3 is 0 Å². The summed E-state index contributed by atoms with van der Waals surface area (Å²) in [6.45, 7) is 6.12. The molecule has 0 heterocycles. The number of ether oxygens (including phenoxy) is 1. The molecule has 0 fully saturated rings. The smallest absolute Gasteiger partial charge is 0.133 e. The van der Waals surface area contributed by atoms with Crippen LogP contribution in [0.3, 0.4) is 0 Å². The summed E-state index contributed by atoms with van der Waals surface area (Å²) in [5.74, 6) is 1.64. The van der Waals surface area contributed by atoms with E-state index in [1.165, 1.54) is 5.56 Å². The molecule has 1 rings (SSSR count). The van der Waals surface area contributed by atoms with Crippen molar-refractivity contribution in [2.45, 2.75) is 20.4 Å². The molecule has 0 saturated heterocycles. The molecule has 0 aliphatic rings. The summed E-state index contributed by atoms with van der Waals surface area (Å²) in [7, 11) is 1.66. The summed E-state index contributed by atoms with van der Waals surface area (Å²) < 4.78 is 6.16. The van der Waals surface area contributed by atoms with Crippen molar-refractivity contribution in [3.05, 3.63) is 28.2 Å². The van der Waals surface area contributed by atoms with Crippen LogP contribution in [-0.2, 0) is 6.54 Å². The second kappa shape index (κ2) is 7.77. The molecule has 102 valence electrons. The van der Waals surface area contributed by atoms with E-state index < -0.39 is 0 Å². The van der Waals surface area contributed by atoms with Crippen LogP contribution in [-0.4, -0.2) is 25.4 Å². The van der Waals surface area contributed by atoms with E-state index in [2.05, 4.69) is 41.2 Å². The first kappa shape index (κ1) is 15.5. The average molecular weight is 316 g/mol. The standard InChI is InChI=1S/C14H22BrNO2/c1-10(2)12(9-17)8-16-7-11-4-5-14(18-3)13(15)6-11/h4-6,10,12,16-17H,7-9H2,1-3H3. The number of hydrogen-bond donors (Lipinski definition) is 2. The van der Waals surface area contributed by atoms with E-state index in [1.54, 1.807) is 7.11 Å². The molecule has 0 aliphatic carbocycles. The van der Waals surface area contributed by atoms with Gasteiger partial charge in [-0.15, -0.1) is 0 Å². The van der Waals surface area contributed by atoms with Crippen molar-refractivity contribution < 1.29 is 9.84 Å². The molecule has 0 bridgehead atoms. The summed E-state index contributed by atoms with van der Waals surface area (Å²) in [4.78, 5) is 0. The Kier molecular flexibility index (Phi) is 6.68. The predicted molar refractivity (Wildman–Crippen MR) is 77.8 cm³/mol. The molecule has 1 aromatic carbocycles. The molecule has 0 aliphatic heterocycles. The van der Waals surface area contributed by atoms with E-state index >= 15 is 0 Å². The Morgan fingerprint density at radius 3 is 2.61 bits per heavy atom. The molecular formula is C14H22BrNO2. The fraction of sp³-hybridized carbons (Fsp3) is 0.571. The number of nitrogens with one attached hydrogen (secondary N) is 1. The summed E-state index contributed by atoms with van der Waals surface area (Å²) in [5, 5.41) is 12.6. The molecule has 0 aromatic heterocycles. The summed E-state index contributed by atoms with van der Waals surface area (Å²) in [6, 6.07) is 6.04. The Morgan fingerprint density at radius 2 is 2.11 bits per heavy atom. The first-order valence-electron chi connectivity index (χ1n) is 6.22. The molecule has 18 heavy (non-hydrogen) atoms. The fourth-order valence-electron chi connectivity index (χ4n) is 1.73. The number of benzene rings is 1. The monoisotopic (exact) mass is 315 g/mol. The molecule has 0 amide bonds.